The molecule has 1 saturated carbocycles. The number of anilines is 3. The summed E-state index contributed by atoms with van der Waals surface area (Å²) in [5.41, 5.74) is 1.02. The smallest absolute Gasteiger partial charge is 0.252 e. The molecule has 26 heavy (non-hydrogen) atoms. The Labute approximate surface area is 153 Å². The van der Waals surface area contributed by atoms with Crippen LogP contribution in [-0.4, -0.2) is 18.2 Å². The first-order chi connectivity index (χ1) is 12.3. The standard InChI is InChI=1S/C16H18FN3O3S.C2H6/c1-10-3-6-13(12(17)7-10)18-14-8-16(21)20(2)9-15(14)19-24(22,23)11-4-5-11;1-2/h3,6-9,11,18-19H,4-5H2,1-2H3;1-2H3. The summed E-state index contributed by atoms with van der Waals surface area (Å²) in [7, 11) is -1.98. The van der Waals surface area contributed by atoms with Gasteiger partial charge in [-0.1, -0.05) is 19.9 Å². The van der Waals surface area contributed by atoms with Gasteiger partial charge in [-0.15, -0.1) is 0 Å². The van der Waals surface area contributed by atoms with Crippen molar-refractivity contribution in [3.8, 4) is 0 Å². The van der Waals surface area contributed by atoms with E-state index in [1.165, 1.54) is 29.9 Å². The summed E-state index contributed by atoms with van der Waals surface area (Å²) in [5.74, 6) is -0.480. The quantitative estimate of drug-likeness (QED) is 0.831. The van der Waals surface area contributed by atoms with Gasteiger partial charge in [0.25, 0.3) is 5.56 Å². The number of halogens is 1. The van der Waals surface area contributed by atoms with Crippen LogP contribution in [0.15, 0.2) is 35.3 Å². The number of nitrogens with zero attached hydrogens (tertiary/aromatic N) is 1. The van der Waals surface area contributed by atoms with Crippen molar-refractivity contribution in [1.29, 1.82) is 0 Å². The molecule has 0 aliphatic heterocycles. The van der Waals surface area contributed by atoms with Crippen molar-refractivity contribution in [1.82, 2.24) is 4.57 Å². The van der Waals surface area contributed by atoms with Gasteiger partial charge in [-0.3, -0.25) is 9.52 Å². The van der Waals surface area contributed by atoms with Gasteiger partial charge in [-0.05, 0) is 37.5 Å². The van der Waals surface area contributed by atoms with Gasteiger partial charge in [-0.25, -0.2) is 12.8 Å². The van der Waals surface area contributed by atoms with Gasteiger partial charge in [0.1, 0.15) is 5.82 Å². The Hall–Kier alpha value is -2.35. The predicted octanol–water partition coefficient (Wildman–Crippen LogP) is 3.51. The van der Waals surface area contributed by atoms with E-state index >= 15 is 0 Å². The fourth-order valence-electron chi connectivity index (χ4n) is 2.30. The third-order valence-corrected chi connectivity index (χ3v) is 5.69. The minimum absolute atomic E-state index is 0.167. The Morgan fingerprint density at radius 2 is 1.77 bits per heavy atom. The SMILES string of the molecule is CC.Cc1ccc(Nc2cc(=O)n(C)cc2NS(=O)(=O)C2CC2)c(F)c1. The molecule has 0 atom stereocenters. The van der Waals surface area contributed by atoms with E-state index in [0.29, 0.717) is 12.8 Å². The average molecular weight is 381 g/mol. The molecular weight excluding hydrogens is 357 g/mol. The molecule has 1 aromatic heterocycles. The van der Waals surface area contributed by atoms with Crippen LogP contribution in [0.5, 0.6) is 0 Å². The van der Waals surface area contributed by atoms with Crippen molar-refractivity contribution in [3.05, 3.63) is 52.2 Å². The largest absolute Gasteiger partial charge is 0.351 e. The molecule has 1 heterocycles. The van der Waals surface area contributed by atoms with Crippen molar-refractivity contribution in [2.45, 2.75) is 38.9 Å². The van der Waals surface area contributed by atoms with Crippen molar-refractivity contribution in [3.63, 3.8) is 0 Å². The molecule has 8 heteroatoms. The van der Waals surface area contributed by atoms with E-state index in [9.17, 15) is 17.6 Å². The molecule has 1 fully saturated rings. The number of hydrogen-bond acceptors (Lipinski definition) is 4. The van der Waals surface area contributed by atoms with Gasteiger partial charge >= 0.3 is 0 Å². The molecule has 0 bridgehead atoms. The number of pyridine rings is 1. The molecule has 0 spiro atoms. The maximum atomic E-state index is 14.0. The van der Waals surface area contributed by atoms with Crippen LogP contribution >= 0.6 is 0 Å². The molecule has 3 rings (SSSR count). The van der Waals surface area contributed by atoms with Crippen LogP contribution in [0, 0.1) is 12.7 Å². The van der Waals surface area contributed by atoms with E-state index in [0.717, 1.165) is 5.56 Å². The summed E-state index contributed by atoms with van der Waals surface area (Å²) in [4.78, 5) is 11.9. The number of aryl methyl sites for hydroxylation is 2. The molecule has 1 aromatic carbocycles. The van der Waals surface area contributed by atoms with Crippen LogP contribution in [-0.2, 0) is 17.1 Å². The zero-order chi connectivity index (χ0) is 19.5. The second kappa shape index (κ2) is 7.90. The lowest BCUT2D eigenvalue weighted by molar-refractivity contribution is 0.600. The van der Waals surface area contributed by atoms with Crippen LogP contribution < -0.4 is 15.6 Å². The Morgan fingerprint density at radius 3 is 2.35 bits per heavy atom. The Balaban J connectivity index is 0.00000117. The topological polar surface area (TPSA) is 80.2 Å². The highest BCUT2D eigenvalue weighted by atomic mass is 32.2. The molecule has 6 nitrogen and oxygen atoms in total. The second-order valence-corrected chi connectivity index (χ2v) is 7.97. The number of aromatic nitrogens is 1. The van der Waals surface area contributed by atoms with Crippen LogP contribution in [0.25, 0.3) is 0 Å². The normalized spacial score (nSPS) is 13.6. The van der Waals surface area contributed by atoms with Crippen LogP contribution in [0.4, 0.5) is 21.5 Å². The third-order valence-electron chi connectivity index (χ3n) is 3.84. The van der Waals surface area contributed by atoms with Crippen molar-refractivity contribution in [2.75, 3.05) is 10.0 Å². The lowest BCUT2D eigenvalue weighted by Gasteiger charge is -2.15. The number of sulfonamides is 1. The van der Waals surface area contributed by atoms with Crippen molar-refractivity contribution in [2.24, 2.45) is 7.05 Å². The monoisotopic (exact) mass is 381 g/mol. The van der Waals surface area contributed by atoms with Gasteiger partial charge in [0.15, 0.2) is 0 Å². The summed E-state index contributed by atoms with van der Waals surface area (Å²) >= 11 is 0. The summed E-state index contributed by atoms with van der Waals surface area (Å²) in [6.45, 7) is 5.76. The summed E-state index contributed by atoms with van der Waals surface area (Å²) in [6.07, 6.45) is 2.63. The minimum Gasteiger partial charge on any atom is -0.351 e. The lowest BCUT2D eigenvalue weighted by Crippen LogP contribution is -2.22. The number of rotatable bonds is 5. The summed E-state index contributed by atoms with van der Waals surface area (Å²) in [5, 5.41) is 2.40. The molecule has 2 aromatic rings. The number of nitrogens with one attached hydrogen (secondary N) is 2. The lowest BCUT2D eigenvalue weighted by atomic mass is 10.2. The molecule has 2 N–H and O–H groups in total. The highest BCUT2D eigenvalue weighted by molar-refractivity contribution is 7.93. The van der Waals surface area contributed by atoms with Gasteiger partial charge in [0.05, 0.1) is 22.3 Å². The van der Waals surface area contributed by atoms with Gasteiger partial charge in [0.2, 0.25) is 10.0 Å². The summed E-state index contributed by atoms with van der Waals surface area (Å²) in [6, 6.07) is 5.86. The molecule has 142 valence electrons. The average Bonchev–Trinajstić information content (AvgIpc) is 3.42. The van der Waals surface area contributed by atoms with Crippen LogP contribution in [0.3, 0.4) is 0 Å². The Kier molecular flexibility index (Phi) is 6.07. The van der Waals surface area contributed by atoms with Crippen LogP contribution in [0.2, 0.25) is 0 Å². The first kappa shape index (κ1) is 20.0. The Bertz CT molecular complexity index is 951. The zero-order valence-electron chi connectivity index (χ0n) is 15.3. The number of hydrogen-bond donors (Lipinski definition) is 2. The van der Waals surface area contributed by atoms with E-state index < -0.39 is 21.1 Å². The first-order valence-electron chi connectivity index (χ1n) is 8.52. The molecular formula is C18H24FN3O3S. The molecule has 1 aliphatic carbocycles. The fourth-order valence-corrected chi connectivity index (χ4v) is 3.69. The maximum absolute atomic E-state index is 14.0. The summed E-state index contributed by atoms with van der Waals surface area (Å²) < 4.78 is 42.1. The third kappa shape index (κ3) is 4.63. The fraction of sp³-hybridized carbons (Fsp3) is 0.389. The second-order valence-electron chi connectivity index (χ2n) is 6.00. The van der Waals surface area contributed by atoms with E-state index in [1.807, 2.05) is 13.8 Å². The highest BCUT2D eigenvalue weighted by Gasteiger charge is 2.36. The first-order valence-corrected chi connectivity index (χ1v) is 10.1. The van der Waals surface area contributed by atoms with Gasteiger partial charge in [-0.2, -0.15) is 0 Å². The predicted molar refractivity (Wildman–Crippen MR) is 103 cm³/mol. The van der Waals surface area contributed by atoms with Crippen LogP contribution in [0.1, 0.15) is 32.3 Å². The van der Waals surface area contributed by atoms with E-state index in [2.05, 4.69) is 10.0 Å². The Morgan fingerprint density at radius 1 is 1.12 bits per heavy atom. The molecule has 1 aliphatic rings. The zero-order valence-corrected chi connectivity index (χ0v) is 16.2. The number of benzene rings is 1. The van der Waals surface area contributed by atoms with Crippen molar-refractivity contribution >= 4 is 27.1 Å². The van der Waals surface area contributed by atoms with Gasteiger partial charge < -0.3 is 9.88 Å². The maximum Gasteiger partial charge on any atom is 0.252 e. The highest BCUT2D eigenvalue weighted by Crippen LogP contribution is 2.32. The van der Waals surface area contributed by atoms with E-state index in [-0.39, 0.29) is 22.6 Å². The van der Waals surface area contributed by atoms with Crippen molar-refractivity contribution < 1.29 is 12.8 Å². The van der Waals surface area contributed by atoms with Gasteiger partial charge in [0, 0.05) is 19.3 Å². The molecule has 0 radical (unpaired) electrons. The molecule has 0 unspecified atom stereocenters. The van der Waals surface area contributed by atoms with E-state index in [4.69, 9.17) is 0 Å². The molecule has 0 saturated heterocycles. The molecule has 0 amide bonds. The minimum atomic E-state index is -3.50. The van der Waals surface area contributed by atoms with E-state index in [1.54, 1.807) is 19.1 Å².